The first-order valence-electron chi connectivity index (χ1n) is 6.79. The summed E-state index contributed by atoms with van der Waals surface area (Å²) in [5.74, 6) is 0. The Labute approximate surface area is 125 Å². The first-order valence-corrected chi connectivity index (χ1v) is 9.97. The standard InChI is InChI=1S/C14H22N2O2S2/c1-19-11-8-6-10(7-9-11)16-12-4-3-5-13(14(12)15)20(2,17)18/h3-5,10-11,16H,6-9,15H2,1-2H3. The molecule has 1 fully saturated rings. The van der Waals surface area contributed by atoms with Gasteiger partial charge in [-0.3, -0.25) is 0 Å². The normalized spacial score (nSPS) is 23.5. The van der Waals surface area contributed by atoms with Crippen LogP contribution in [0.1, 0.15) is 25.7 Å². The van der Waals surface area contributed by atoms with Crippen molar-refractivity contribution in [2.45, 2.75) is 41.9 Å². The average molecular weight is 314 g/mol. The van der Waals surface area contributed by atoms with Crippen molar-refractivity contribution in [3.8, 4) is 0 Å². The maximum absolute atomic E-state index is 11.7. The van der Waals surface area contributed by atoms with Crippen LogP contribution in [0.3, 0.4) is 0 Å². The van der Waals surface area contributed by atoms with Crippen molar-refractivity contribution >= 4 is 33.0 Å². The van der Waals surface area contributed by atoms with Crippen LogP contribution in [0.5, 0.6) is 0 Å². The Morgan fingerprint density at radius 3 is 2.45 bits per heavy atom. The number of para-hydroxylation sites is 1. The van der Waals surface area contributed by atoms with Gasteiger partial charge in [-0.05, 0) is 44.1 Å². The summed E-state index contributed by atoms with van der Waals surface area (Å²) in [6.45, 7) is 0. The van der Waals surface area contributed by atoms with Gasteiger partial charge in [0.05, 0.1) is 16.3 Å². The predicted molar refractivity (Wildman–Crippen MR) is 87.1 cm³/mol. The van der Waals surface area contributed by atoms with Gasteiger partial charge in [0.15, 0.2) is 9.84 Å². The molecule has 1 saturated carbocycles. The van der Waals surface area contributed by atoms with Crippen LogP contribution in [0, 0.1) is 0 Å². The molecule has 3 N–H and O–H groups in total. The van der Waals surface area contributed by atoms with Gasteiger partial charge in [-0.15, -0.1) is 0 Å². The molecule has 0 amide bonds. The third kappa shape index (κ3) is 3.61. The van der Waals surface area contributed by atoms with E-state index in [-0.39, 0.29) is 4.90 Å². The number of nitrogen functional groups attached to an aromatic ring is 1. The molecule has 1 aliphatic rings. The topological polar surface area (TPSA) is 72.2 Å². The molecule has 0 spiro atoms. The lowest BCUT2D eigenvalue weighted by molar-refractivity contribution is 0.473. The number of anilines is 2. The lowest BCUT2D eigenvalue weighted by atomic mass is 9.94. The average Bonchev–Trinajstić information content (AvgIpc) is 2.40. The van der Waals surface area contributed by atoms with Crippen LogP contribution in [0.25, 0.3) is 0 Å². The van der Waals surface area contributed by atoms with Gasteiger partial charge in [0.1, 0.15) is 0 Å². The molecule has 0 aromatic heterocycles. The predicted octanol–water partition coefficient (Wildman–Crippen LogP) is 2.76. The van der Waals surface area contributed by atoms with Crippen LogP contribution in [0.15, 0.2) is 23.1 Å². The minimum Gasteiger partial charge on any atom is -0.396 e. The number of thioether (sulfide) groups is 1. The molecule has 1 aromatic rings. The van der Waals surface area contributed by atoms with Crippen molar-refractivity contribution in [1.29, 1.82) is 0 Å². The first kappa shape index (κ1) is 15.5. The molecule has 0 bridgehead atoms. The summed E-state index contributed by atoms with van der Waals surface area (Å²) in [5.41, 5.74) is 7.07. The quantitative estimate of drug-likeness (QED) is 0.836. The van der Waals surface area contributed by atoms with E-state index in [1.165, 1.54) is 19.1 Å². The molecule has 0 saturated heterocycles. The molecule has 0 radical (unpaired) electrons. The van der Waals surface area contributed by atoms with E-state index < -0.39 is 9.84 Å². The van der Waals surface area contributed by atoms with Crippen LogP contribution in [-0.4, -0.2) is 32.2 Å². The van der Waals surface area contributed by atoms with E-state index in [1.807, 2.05) is 17.8 Å². The Hall–Kier alpha value is -0.880. The second-order valence-corrected chi connectivity index (χ2v) is 8.47. The van der Waals surface area contributed by atoms with Gasteiger partial charge in [-0.2, -0.15) is 11.8 Å². The highest BCUT2D eigenvalue weighted by atomic mass is 32.2. The third-order valence-corrected chi connectivity index (χ3v) is 6.13. The second kappa shape index (κ2) is 6.26. The van der Waals surface area contributed by atoms with Crippen LogP contribution < -0.4 is 11.1 Å². The number of rotatable bonds is 4. The number of sulfone groups is 1. The van der Waals surface area contributed by atoms with E-state index in [0.29, 0.717) is 11.7 Å². The van der Waals surface area contributed by atoms with Crippen molar-refractivity contribution < 1.29 is 8.42 Å². The molecule has 0 unspecified atom stereocenters. The van der Waals surface area contributed by atoms with Gasteiger partial charge in [0.25, 0.3) is 0 Å². The highest BCUT2D eigenvalue weighted by molar-refractivity contribution is 7.99. The SMILES string of the molecule is CSC1CCC(Nc2cccc(S(C)(=O)=O)c2N)CC1. The van der Waals surface area contributed by atoms with Crippen molar-refractivity contribution in [3.05, 3.63) is 18.2 Å². The Bertz CT molecular complexity index is 565. The van der Waals surface area contributed by atoms with Gasteiger partial charge in [-0.25, -0.2) is 8.42 Å². The highest BCUT2D eigenvalue weighted by Gasteiger charge is 2.22. The zero-order valence-electron chi connectivity index (χ0n) is 11.9. The van der Waals surface area contributed by atoms with E-state index in [2.05, 4.69) is 11.6 Å². The number of nitrogens with two attached hydrogens (primary N) is 1. The smallest absolute Gasteiger partial charge is 0.177 e. The third-order valence-electron chi connectivity index (χ3n) is 3.83. The van der Waals surface area contributed by atoms with E-state index in [0.717, 1.165) is 23.8 Å². The van der Waals surface area contributed by atoms with E-state index in [9.17, 15) is 8.42 Å². The van der Waals surface area contributed by atoms with Gasteiger partial charge in [-0.1, -0.05) is 6.07 Å². The van der Waals surface area contributed by atoms with Gasteiger partial charge in [0, 0.05) is 17.5 Å². The summed E-state index contributed by atoms with van der Waals surface area (Å²) in [5, 5.41) is 4.16. The van der Waals surface area contributed by atoms with Crippen LogP contribution >= 0.6 is 11.8 Å². The fourth-order valence-corrected chi connectivity index (χ4v) is 4.23. The molecule has 2 rings (SSSR count). The Morgan fingerprint density at radius 2 is 1.90 bits per heavy atom. The monoisotopic (exact) mass is 314 g/mol. The fourth-order valence-electron chi connectivity index (χ4n) is 2.66. The Kier molecular flexibility index (Phi) is 4.86. The fraction of sp³-hybridized carbons (Fsp3) is 0.571. The molecular weight excluding hydrogens is 292 g/mol. The van der Waals surface area contributed by atoms with Gasteiger partial charge in [0.2, 0.25) is 0 Å². The molecule has 1 aliphatic carbocycles. The summed E-state index contributed by atoms with van der Waals surface area (Å²) in [4.78, 5) is 0.209. The van der Waals surface area contributed by atoms with Crippen molar-refractivity contribution in [2.75, 3.05) is 23.6 Å². The van der Waals surface area contributed by atoms with Crippen molar-refractivity contribution in [3.63, 3.8) is 0 Å². The van der Waals surface area contributed by atoms with Crippen LogP contribution in [-0.2, 0) is 9.84 Å². The molecule has 0 atom stereocenters. The summed E-state index contributed by atoms with van der Waals surface area (Å²) in [7, 11) is -3.28. The summed E-state index contributed by atoms with van der Waals surface area (Å²) in [6, 6.07) is 5.53. The number of benzene rings is 1. The minimum atomic E-state index is -3.28. The molecule has 4 nitrogen and oxygen atoms in total. The maximum Gasteiger partial charge on any atom is 0.177 e. The largest absolute Gasteiger partial charge is 0.396 e. The second-order valence-electron chi connectivity index (χ2n) is 5.34. The lowest BCUT2D eigenvalue weighted by Gasteiger charge is -2.29. The van der Waals surface area contributed by atoms with E-state index >= 15 is 0 Å². The summed E-state index contributed by atoms with van der Waals surface area (Å²) >= 11 is 1.93. The Balaban J connectivity index is 2.11. The molecule has 0 heterocycles. The number of hydrogen-bond donors (Lipinski definition) is 2. The van der Waals surface area contributed by atoms with Crippen molar-refractivity contribution in [2.24, 2.45) is 0 Å². The zero-order chi connectivity index (χ0) is 14.8. The molecule has 0 aliphatic heterocycles. The Morgan fingerprint density at radius 1 is 1.25 bits per heavy atom. The zero-order valence-corrected chi connectivity index (χ0v) is 13.6. The van der Waals surface area contributed by atoms with Crippen LogP contribution in [0.4, 0.5) is 11.4 Å². The minimum absolute atomic E-state index is 0.209. The number of hydrogen-bond acceptors (Lipinski definition) is 5. The molecule has 6 heteroatoms. The van der Waals surface area contributed by atoms with Gasteiger partial charge < -0.3 is 11.1 Å². The number of nitrogens with one attached hydrogen (secondary N) is 1. The van der Waals surface area contributed by atoms with Crippen molar-refractivity contribution in [1.82, 2.24) is 0 Å². The molecular formula is C14H22N2O2S2. The first-order chi connectivity index (χ1) is 9.41. The van der Waals surface area contributed by atoms with E-state index in [4.69, 9.17) is 5.73 Å². The van der Waals surface area contributed by atoms with Gasteiger partial charge >= 0.3 is 0 Å². The lowest BCUT2D eigenvalue weighted by Crippen LogP contribution is -2.27. The molecule has 112 valence electrons. The molecule has 20 heavy (non-hydrogen) atoms. The van der Waals surface area contributed by atoms with E-state index in [1.54, 1.807) is 12.1 Å². The maximum atomic E-state index is 11.7. The molecule has 1 aromatic carbocycles. The summed E-state index contributed by atoms with van der Waals surface area (Å²) < 4.78 is 23.3. The highest BCUT2D eigenvalue weighted by Crippen LogP contribution is 2.32. The summed E-state index contributed by atoms with van der Waals surface area (Å²) in [6.07, 6.45) is 7.95. The van der Waals surface area contributed by atoms with Crippen LogP contribution in [0.2, 0.25) is 0 Å².